The van der Waals surface area contributed by atoms with Crippen molar-refractivity contribution in [1.82, 2.24) is 0 Å². The van der Waals surface area contributed by atoms with Gasteiger partial charge in [-0.25, -0.2) is 4.57 Å². The monoisotopic (exact) mass is 208 g/mol. The Morgan fingerprint density at radius 2 is 2.15 bits per heavy atom. The first-order chi connectivity index (χ1) is 5.90. The predicted octanol–water partition coefficient (Wildman–Crippen LogP) is 0.421. The van der Waals surface area contributed by atoms with Crippen LogP contribution in [-0.4, -0.2) is 27.1 Å². The molecular formula is C7H13O5P. The summed E-state index contributed by atoms with van der Waals surface area (Å²) in [5, 5.41) is 9.36. The van der Waals surface area contributed by atoms with Crippen LogP contribution in [0.25, 0.3) is 0 Å². The highest BCUT2D eigenvalue weighted by molar-refractivity contribution is 7.46. The Bertz CT molecular complexity index is 245. The van der Waals surface area contributed by atoms with Crippen molar-refractivity contribution in [3.8, 4) is 0 Å². The van der Waals surface area contributed by atoms with Crippen molar-refractivity contribution < 1.29 is 24.0 Å². The standard InChI is InChI=1S/C7H13O5P/c1-5-6(8)3-2-4-7(5)12-13(9,10)11/h2,4-8H,3H2,1H3,(H2,9,10,11). The highest BCUT2D eigenvalue weighted by atomic mass is 31.2. The normalized spacial score (nSPS) is 34.9. The van der Waals surface area contributed by atoms with Crippen LogP contribution in [0.1, 0.15) is 13.3 Å². The third-order valence-corrected chi connectivity index (χ3v) is 2.61. The topological polar surface area (TPSA) is 87.0 Å². The number of hydrogen-bond donors (Lipinski definition) is 3. The van der Waals surface area contributed by atoms with Gasteiger partial charge >= 0.3 is 7.82 Å². The third-order valence-electron chi connectivity index (χ3n) is 2.09. The summed E-state index contributed by atoms with van der Waals surface area (Å²) in [4.78, 5) is 17.1. The lowest BCUT2D eigenvalue weighted by Gasteiger charge is -2.28. The molecule has 0 aromatic heterocycles. The fourth-order valence-corrected chi connectivity index (χ4v) is 1.83. The first-order valence-corrected chi connectivity index (χ1v) is 5.52. The van der Waals surface area contributed by atoms with Crippen molar-refractivity contribution in [2.45, 2.75) is 25.6 Å². The van der Waals surface area contributed by atoms with E-state index in [0.717, 1.165) is 0 Å². The van der Waals surface area contributed by atoms with Gasteiger partial charge in [0.05, 0.1) is 12.2 Å². The van der Waals surface area contributed by atoms with Crippen LogP contribution in [0.3, 0.4) is 0 Å². The number of phosphoric acid groups is 1. The van der Waals surface area contributed by atoms with E-state index in [1.54, 1.807) is 19.1 Å². The summed E-state index contributed by atoms with van der Waals surface area (Å²) in [6, 6.07) is 0. The van der Waals surface area contributed by atoms with Crippen LogP contribution < -0.4 is 0 Å². The molecule has 0 aromatic rings. The maximum atomic E-state index is 10.5. The van der Waals surface area contributed by atoms with E-state index in [-0.39, 0.29) is 5.92 Å². The molecule has 0 amide bonds. The molecule has 3 unspecified atom stereocenters. The van der Waals surface area contributed by atoms with Crippen molar-refractivity contribution in [3.05, 3.63) is 12.2 Å². The lowest BCUT2D eigenvalue weighted by molar-refractivity contribution is 0.0358. The number of aliphatic hydroxyl groups is 1. The first kappa shape index (κ1) is 10.9. The average Bonchev–Trinajstić information content (AvgIpc) is 1.96. The number of hydrogen-bond acceptors (Lipinski definition) is 3. The van der Waals surface area contributed by atoms with Crippen molar-refractivity contribution in [3.63, 3.8) is 0 Å². The lowest BCUT2D eigenvalue weighted by Crippen LogP contribution is -2.32. The van der Waals surface area contributed by atoms with E-state index in [2.05, 4.69) is 4.52 Å². The zero-order chi connectivity index (χ0) is 10.1. The van der Waals surface area contributed by atoms with Crippen molar-refractivity contribution in [1.29, 1.82) is 0 Å². The highest BCUT2D eigenvalue weighted by Crippen LogP contribution is 2.40. The van der Waals surface area contributed by atoms with Crippen molar-refractivity contribution >= 4 is 7.82 Å². The largest absolute Gasteiger partial charge is 0.470 e. The summed E-state index contributed by atoms with van der Waals surface area (Å²) in [6.45, 7) is 1.69. The minimum absolute atomic E-state index is 0.294. The second-order valence-electron chi connectivity index (χ2n) is 3.15. The fourth-order valence-electron chi connectivity index (χ4n) is 1.25. The van der Waals surface area contributed by atoms with Crippen LogP contribution in [0, 0.1) is 5.92 Å². The molecule has 0 saturated heterocycles. The van der Waals surface area contributed by atoms with E-state index < -0.39 is 20.0 Å². The van der Waals surface area contributed by atoms with Gasteiger partial charge in [-0.2, -0.15) is 0 Å². The minimum Gasteiger partial charge on any atom is -0.392 e. The van der Waals surface area contributed by atoms with E-state index in [4.69, 9.17) is 9.79 Å². The number of aliphatic hydroxyl groups excluding tert-OH is 1. The Kier molecular flexibility index (Phi) is 3.27. The van der Waals surface area contributed by atoms with Gasteiger partial charge in [0.25, 0.3) is 0 Å². The summed E-state index contributed by atoms with van der Waals surface area (Å²) in [5.74, 6) is -0.294. The SMILES string of the molecule is CC1C(O)CC=CC1OP(=O)(O)O. The molecule has 0 spiro atoms. The molecule has 76 valence electrons. The average molecular weight is 208 g/mol. The Hall–Kier alpha value is -0.190. The second-order valence-corrected chi connectivity index (χ2v) is 4.34. The van der Waals surface area contributed by atoms with Crippen LogP contribution in [0.4, 0.5) is 0 Å². The smallest absolute Gasteiger partial charge is 0.392 e. The van der Waals surface area contributed by atoms with Gasteiger partial charge in [-0.05, 0) is 6.42 Å². The van der Waals surface area contributed by atoms with Crippen LogP contribution in [0.5, 0.6) is 0 Å². The molecule has 5 nitrogen and oxygen atoms in total. The summed E-state index contributed by atoms with van der Waals surface area (Å²) < 4.78 is 15.0. The zero-order valence-corrected chi connectivity index (χ0v) is 8.09. The van der Waals surface area contributed by atoms with Gasteiger partial charge in [0.2, 0.25) is 0 Å². The van der Waals surface area contributed by atoms with Crippen LogP contribution in [0.15, 0.2) is 12.2 Å². The molecule has 1 aliphatic carbocycles. The first-order valence-electron chi connectivity index (χ1n) is 3.99. The summed E-state index contributed by atoms with van der Waals surface area (Å²) in [5.41, 5.74) is 0. The third kappa shape index (κ3) is 3.21. The Morgan fingerprint density at radius 3 is 2.69 bits per heavy atom. The highest BCUT2D eigenvalue weighted by Gasteiger charge is 2.30. The molecule has 6 heteroatoms. The van der Waals surface area contributed by atoms with Gasteiger partial charge in [0.1, 0.15) is 0 Å². The van der Waals surface area contributed by atoms with Gasteiger partial charge in [0, 0.05) is 5.92 Å². The maximum Gasteiger partial charge on any atom is 0.470 e. The van der Waals surface area contributed by atoms with Gasteiger partial charge < -0.3 is 14.9 Å². The van der Waals surface area contributed by atoms with E-state index >= 15 is 0 Å². The Balaban J connectivity index is 2.64. The minimum atomic E-state index is -4.46. The molecule has 0 aromatic carbocycles. The van der Waals surface area contributed by atoms with E-state index in [1.807, 2.05) is 0 Å². The quantitative estimate of drug-likeness (QED) is 0.452. The molecule has 3 atom stereocenters. The molecule has 13 heavy (non-hydrogen) atoms. The van der Waals surface area contributed by atoms with E-state index in [0.29, 0.717) is 6.42 Å². The molecule has 0 fully saturated rings. The van der Waals surface area contributed by atoms with Gasteiger partial charge in [-0.15, -0.1) is 0 Å². The van der Waals surface area contributed by atoms with E-state index in [1.165, 1.54) is 0 Å². The van der Waals surface area contributed by atoms with Crippen LogP contribution >= 0.6 is 7.82 Å². The molecule has 3 N–H and O–H groups in total. The van der Waals surface area contributed by atoms with E-state index in [9.17, 15) is 9.67 Å². The Labute approximate surface area is 76.3 Å². The zero-order valence-electron chi connectivity index (χ0n) is 7.20. The summed E-state index contributed by atoms with van der Waals surface area (Å²) >= 11 is 0. The van der Waals surface area contributed by atoms with Gasteiger partial charge in [0.15, 0.2) is 0 Å². The van der Waals surface area contributed by atoms with Crippen LogP contribution in [-0.2, 0) is 9.09 Å². The molecule has 0 radical (unpaired) electrons. The predicted molar refractivity (Wildman–Crippen MR) is 45.8 cm³/mol. The van der Waals surface area contributed by atoms with Crippen molar-refractivity contribution in [2.24, 2.45) is 5.92 Å². The molecule has 1 rings (SSSR count). The number of phosphoric ester groups is 1. The number of rotatable bonds is 2. The molecule has 0 aliphatic heterocycles. The van der Waals surface area contributed by atoms with Crippen molar-refractivity contribution in [2.75, 3.05) is 0 Å². The maximum absolute atomic E-state index is 10.5. The lowest BCUT2D eigenvalue weighted by atomic mass is 9.91. The second kappa shape index (κ2) is 3.90. The summed E-state index contributed by atoms with van der Waals surface area (Å²) in [6.07, 6.45) is 2.43. The Morgan fingerprint density at radius 1 is 1.54 bits per heavy atom. The summed E-state index contributed by atoms with van der Waals surface area (Å²) in [7, 11) is -4.46. The molecule has 0 saturated carbocycles. The molecule has 0 heterocycles. The van der Waals surface area contributed by atoms with Gasteiger partial charge in [-0.3, -0.25) is 4.52 Å². The molecular weight excluding hydrogens is 195 g/mol. The molecule has 1 aliphatic rings. The van der Waals surface area contributed by atoms with Crippen LogP contribution in [0.2, 0.25) is 0 Å². The van der Waals surface area contributed by atoms with Gasteiger partial charge in [-0.1, -0.05) is 19.1 Å². The fraction of sp³-hybridized carbons (Fsp3) is 0.714. The molecule has 0 bridgehead atoms.